The van der Waals surface area contributed by atoms with Crippen molar-refractivity contribution >= 4 is 5.91 Å². The monoisotopic (exact) mass is 140 g/mol. The molecule has 0 atom stereocenters. The number of hydrogen-bond donors (Lipinski definition) is 1. The standard InChI is InChI=1S/C8H14NO/c1-2-8(7(9)10)5-3-4-6-8/h2H,3-6H2,1H3,(H2,9,10). The maximum Gasteiger partial charge on any atom is 0.223 e. The highest BCUT2D eigenvalue weighted by Gasteiger charge is 2.37. The van der Waals surface area contributed by atoms with Crippen LogP contribution in [0.25, 0.3) is 0 Å². The van der Waals surface area contributed by atoms with E-state index < -0.39 is 0 Å². The van der Waals surface area contributed by atoms with Gasteiger partial charge in [-0.25, -0.2) is 0 Å². The SMILES string of the molecule is C[CH]C1(C(N)=O)CCCC1. The van der Waals surface area contributed by atoms with Gasteiger partial charge in [-0.3, -0.25) is 4.79 Å². The first kappa shape index (κ1) is 7.58. The molecule has 0 aliphatic heterocycles. The van der Waals surface area contributed by atoms with Crippen LogP contribution in [0.2, 0.25) is 0 Å². The third kappa shape index (κ3) is 1.02. The molecule has 1 saturated carbocycles. The van der Waals surface area contributed by atoms with Gasteiger partial charge in [-0.05, 0) is 19.3 Å². The molecule has 0 unspecified atom stereocenters. The van der Waals surface area contributed by atoms with Gasteiger partial charge in [-0.15, -0.1) is 0 Å². The zero-order valence-corrected chi connectivity index (χ0v) is 6.39. The molecule has 2 nitrogen and oxygen atoms in total. The van der Waals surface area contributed by atoms with Crippen LogP contribution < -0.4 is 5.73 Å². The fourth-order valence-electron chi connectivity index (χ4n) is 1.68. The van der Waals surface area contributed by atoms with E-state index in [0.29, 0.717) is 0 Å². The van der Waals surface area contributed by atoms with Gasteiger partial charge in [0.05, 0.1) is 5.41 Å². The molecule has 1 amide bonds. The van der Waals surface area contributed by atoms with Crippen molar-refractivity contribution in [2.45, 2.75) is 32.6 Å². The maximum absolute atomic E-state index is 10.9. The summed E-state index contributed by atoms with van der Waals surface area (Å²) in [5.74, 6) is -0.146. The first-order valence-electron chi connectivity index (χ1n) is 3.82. The van der Waals surface area contributed by atoms with Gasteiger partial charge >= 0.3 is 0 Å². The molecule has 1 fully saturated rings. The van der Waals surface area contributed by atoms with Crippen molar-refractivity contribution < 1.29 is 4.79 Å². The molecule has 0 aromatic carbocycles. The molecule has 0 bridgehead atoms. The summed E-state index contributed by atoms with van der Waals surface area (Å²) in [5, 5.41) is 0. The largest absolute Gasteiger partial charge is 0.369 e. The van der Waals surface area contributed by atoms with Crippen molar-refractivity contribution in [3.05, 3.63) is 6.42 Å². The van der Waals surface area contributed by atoms with Crippen LogP contribution in [-0.4, -0.2) is 5.91 Å². The van der Waals surface area contributed by atoms with Gasteiger partial charge in [0.2, 0.25) is 5.91 Å². The van der Waals surface area contributed by atoms with E-state index in [1.165, 1.54) is 0 Å². The summed E-state index contributed by atoms with van der Waals surface area (Å²) >= 11 is 0. The molecule has 0 spiro atoms. The highest BCUT2D eigenvalue weighted by Crippen LogP contribution is 2.39. The van der Waals surface area contributed by atoms with Gasteiger partial charge in [0.1, 0.15) is 0 Å². The molecule has 0 aromatic heterocycles. The Labute approximate surface area is 61.8 Å². The van der Waals surface area contributed by atoms with E-state index in [1.807, 2.05) is 13.3 Å². The average molecular weight is 140 g/mol. The smallest absolute Gasteiger partial charge is 0.223 e. The number of hydrogen-bond acceptors (Lipinski definition) is 1. The summed E-state index contributed by atoms with van der Waals surface area (Å²) in [7, 11) is 0. The van der Waals surface area contributed by atoms with E-state index in [-0.39, 0.29) is 11.3 Å². The molecule has 1 aliphatic rings. The van der Waals surface area contributed by atoms with Crippen LogP contribution >= 0.6 is 0 Å². The first-order chi connectivity index (χ1) is 4.71. The minimum atomic E-state index is -0.250. The van der Waals surface area contributed by atoms with Crippen molar-refractivity contribution in [1.82, 2.24) is 0 Å². The Morgan fingerprint density at radius 3 is 2.20 bits per heavy atom. The molecule has 2 heteroatoms. The molecule has 1 aliphatic carbocycles. The van der Waals surface area contributed by atoms with Gasteiger partial charge in [0, 0.05) is 0 Å². The third-order valence-electron chi connectivity index (χ3n) is 2.54. The summed E-state index contributed by atoms with van der Waals surface area (Å²) in [6.07, 6.45) is 6.17. The lowest BCUT2D eigenvalue weighted by molar-refractivity contribution is -0.125. The van der Waals surface area contributed by atoms with Crippen LogP contribution in [0, 0.1) is 11.8 Å². The number of rotatable bonds is 2. The Kier molecular flexibility index (Phi) is 1.97. The average Bonchev–Trinajstić information content (AvgIpc) is 2.35. The van der Waals surface area contributed by atoms with E-state index in [2.05, 4.69) is 0 Å². The predicted molar refractivity (Wildman–Crippen MR) is 40.1 cm³/mol. The van der Waals surface area contributed by atoms with Crippen LogP contribution in [0.4, 0.5) is 0 Å². The molecular formula is C8H14NO. The minimum Gasteiger partial charge on any atom is -0.369 e. The van der Waals surface area contributed by atoms with Crippen LogP contribution in [-0.2, 0) is 4.79 Å². The van der Waals surface area contributed by atoms with Crippen molar-refractivity contribution in [3.8, 4) is 0 Å². The summed E-state index contributed by atoms with van der Waals surface area (Å²) in [6.45, 7) is 1.93. The lowest BCUT2D eigenvalue weighted by Crippen LogP contribution is -2.34. The van der Waals surface area contributed by atoms with E-state index in [9.17, 15) is 4.79 Å². The Balaban J connectivity index is 2.67. The second kappa shape index (κ2) is 2.60. The molecule has 1 radical (unpaired) electrons. The van der Waals surface area contributed by atoms with Crippen LogP contribution in [0.5, 0.6) is 0 Å². The highest BCUT2D eigenvalue weighted by atomic mass is 16.1. The molecule has 57 valence electrons. The van der Waals surface area contributed by atoms with Crippen LogP contribution in [0.1, 0.15) is 32.6 Å². The normalized spacial score (nSPS) is 22.9. The summed E-state index contributed by atoms with van der Waals surface area (Å²) in [5.41, 5.74) is 5.02. The van der Waals surface area contributed by atoms with Gasteiger partial charge in [-0.2, -0.15) is 0 Å². The van der Waals surface area contributed by atoms with Gasteiger partial charge in [0.25, 0.3) is 0 Å². The molecule has 0 saturated heterocycles. The minimum absolute atomic E-state index is 0.146. The Morgan fingerprint density at radius 1 is 1.50 bits per heavy atom. The lowest BCUT2D eigenvalue weighted by Gasteiger charge is -2.21. The highest BCUT2D eigenvalue weighted by molar-refractivity contribution is 5.82. The number of nitrogens with two attached hydrogens (primary N) is 1. The van der Waals surface area contributed by atoms with Crippen LogP contribution in [0.3, 0.4) is 0 Å². The van der Waals surface area contributed by atoms with Crippen molar-refractivity contribution in [2.75, 3.05) is 0 Å². The maximum atomic E-state index is 10.9. The Hall–Kier alpha value is -0.530. The molecule has 0 heterocycles. The van der Waals surface area contributed by atoms with Crippen molar-refractivity contribution in [1.29, 1.82) is 0 Å². The van der Waals surface area contributed by atoms with E-state index in [0.717, 1.165) is 25.7 Å². The zero-order valence-electron chi connectivity index (χ0n) is 6.39. The van der Waals surface area contributed by atoms with Gasteiger partial charge in [0.15, 0.2) is 0 Å². The second-order valence-corrected chi connectivity index (χ2v) is 3.02. The van der Waals surface area contributed by atoms with Crippen LogP contribution in [0.15, 0.2) is 0 Å². The summed E-state index contributed by atoms with van der Waals surface area (Å²) in [6, 6.07) is 0. The number of carbonyl (C=O) groups excluding carboxylic acids is 1. The number of carbonyl (C=O) groups is 1. The van der Waals surface area contributed by atoms with E-state index >= 15 is 0 Å². The molecule has 2 N–H and O–H groups in total. The first-order valence-corrected chi connectivity index (χ1v) is 3.82. The van der Waals surface area contributed by atoms with E-state index in [4.69, 9.17) is 5.73 Å². The fraction of sp³-hybridized carbons (Fsp3) is 0.750. The van der Waals surface area contributed by atoms with Crippen molar-refractivity contribution in [2.24, 2.45) is 11.1 Å². The summed E-state index contributed by atoms with van der Waals surface area (Å²) < 4.78 is 0. The molecule has 0 aromatic rings. The zero-order chi connectivity index (χ0) is 7.61. The molecule has 1 rings (SSSR count). The predicted octanol–water partition coefficient (Wildman–Crippen LogP) is 1.26. The second-order valence-electron chi connectivity index (χ2n) is 3.02. The lowest BCUT2D eigenvalue weighted by atomic mass is 9.83. The molecular weight excluding hydrogens is 126 g/mol. The number of amides is 1. The quantitative estimate of drug-likeness (QED) is 0.616. The number of primary amides is 1. The topological polar surface area (TPSA) is 43.1 Å². The van der Waals surface area contributed by atoms with Gasteiger partial charge < -0.3 is 5.73 Å². The van der Waals surface area contributed by atoms with Crippen molar-refractivity contribution in [3.63, 3.8) is 0 Å². The molecule has 10 heavy (non-hydrogen) atoms. The third-order valence-corrected chi connectivity index (χ3v) is 2.54. The summed E-state index contributed by atoms with van der Waals surface area (Å²) in [4.78, 5) is 10.9. The fourth-order valence-corrected chi connectivity index (χ4v) is 1.68. The Morgan fingerprint density at radius 2 is 2.00 bits per heavy atom. The Bertz CT molecular complexity index is 136. The van der Waals surface area contributed by atoms with Gasteiger partial charge in [-0.1, -0.05) is 19.8 Å². The van der Waals surface area contributed by atoms with E-state index in [1.54, 1.807) is 0 Å².